The quantitative estimate of drug-likeness (QED) is 0.687. The topological polar surface area (TPSA) is 70.0 Å². The molecule has 1 aliphatic rings. The highest BCUT2D eigenvalue weighted by Crippen LogP contribution is 2.30. The van der Waals surface area contributed by atoms with E-state index in [2.05, 4.69) is 19.9 Å². The molecule has 0 atom stereocenters. The van der Waals surface area contributed by atoms with Crippen LogP contribution >= 0.6 is 11.8 Å². The molecule has 0 aliphatic carbocycles. The third kappa shape index (κ3) is 4.77. The molecule has 30 heavy (non-hydrogen) atoms. The second-order valence-corrected chi connectivity index (χ2v) is 10.8. The number of hydrogen-bond donors (Lipinski definition) is 0. The Morgan fingerprint density at radius 3 is 2.57 bits per heavy atom. The molecule has 3 rings (SSSR count). The van der Waals surface area contributed by atoms with Crippen LogP contribution in [0.5, 0.6) is 0 Å². The highest BCUT2D eigenvalue weighted by Gasteiger charge is 2.27. The van der Waals surface area contributed by atoms with Crippen molar-refractivity contribution in [2.75, 3.05) is 26.4 Å². The molecule has 1 aliphatic heterocycles. The predicted molar refractivity (Wildman–Crippen MR) is 123 cm³/mol. The van der Waals surface area contributed by atoms with E-state index >= 15 is 0 Å². The minimum absolute atomic E-state index is 0.103. The van der Waals surface area contributed by atoms with Gasteiger partial charge in [0.15, 0.2) is 5.17 Å². The maximum atomic E-state index is 13.3. The Morgan fingerprint density at radius 2 is 1.87 bits per heavy atom. The summed E-state index contributed by atoms with van der Waals surface area (Å²) in [6, 6.07) is 14.2. The number of hydrogen-bond acceptors (Lipinski definition) is 5. The van der Waals surface area contributed by atoms with E-state index in [0.717, 1.165) is 27.7 Å². The summed E-state index contributed by atoms with van der Waals surface area (Å²) in [4.78, 5) is 19.9. The van der Waals surface area contributed by atoms with E-state index in [-0.39, 0.29) is 10.8 Å². The number of benzene rings is 2. The monoisotopic (exact) mass is 445 g/mol. The van der Waals surface area contributed by atoms with Crippen molar-refractivity contribution in [3.63, 3.8) is 0 Å². The van der Waals surface area contributed by atoms with Gasteiger partial charge in [0.2, 0.25) is 10.0 Å². The summed E-state index contributed by atoms with van der Waals surface area (Å²) in [5, 5.41) is 0.653. The molecule has 1 heterocycles. The summed E-state index contributed by atoms with van der Waals surface area (Å²) in [5.41, 5.74) is 2.33. The predicted octanol–water partition coefficient (Wildman–Crippen LogP) is 4.33. The van der Waals surface area contributed by atoms with Crippen LogP contribution in [0.25, 0.3) is 0 Å². The van der Waals surface area contributed by atoms with Crippen molar-refractivity contribution in [2.24, 2.45) is 4.99 Å². The maximum Gasteiger partial charge on any atom is 0.259 e. The highest BCUT2D eigenvalue weighted by atomic mass is 32.2. The van der Waals surface area contributed by atoms with Crippen molar-refractivity contribution in [1.82, 2.24) is 9.21 Å². The van der Waals surface area contributed by atoms with Crippen molar-refractivity contribution >= 4 is 38.5 Å². The van der Waals surface area contributed by atoms with Gasteiger partial charge in [-0.2, -0.15) is 0 Å². The second kappa shape index (κ2) is 9.32. The van der Waals surface area contributed by atoms with Gasteiger partial charge >= 0.3 is 0 Å². The molecule has 160 valence electrons. The van der Waals surface area contributed by atoms with Crippen LogP contribution in [0.3, 0.4) is 0 Å². The molecule has 1 amide bonds. The number of aliphatic imine (C=N–C) groups is 1. The van der Waals surface area contributed by atoms with Crippen molar-refractivity contribution in [3.05, 3.63) is 59.7 Å². The summed E-state index contributed by atoms with van der Waals surface area (Å²) in [6.45, 7) is 4.79. The smallest absolute Gasteiger partial charge is 0.259 e. The Labute approximate surface area is 183 Å². The van der Waals surface area contributed by atoms with Crippen molar-refractivity contribution in [3.8, 4) is 0 Å². The summed E-state index contributed by atoms with van der Waals surface area (Å²) in [5.74, 6) is 0.969. The molecule has 2 aromatic rings. The fourth-order valence-electron chi connectivity index (χ4n) is 3.18. The average molecular weight is 446 g/mol. The molecule has 8 heteroatoms. The molecule has 1 fully saturated rings. The normalized spacial score (nSPS) is 16.5. The molecular weight excluding hydrogens is 418 g/mol. The number of amides is 1. The molecule has 0 spiro atoms. The molecule has 0 bridgehead atoms. The first kappa shape index (κ1) is 22.5. The van der Waals surface area contributed by atoms with Crippen LogP contribution < -0.4 is 0 Å². The summed E-state index contributed by atoms with van der Waals surface area (Å²) < 4.78 is 26.1. The highest BCUT2D eigenvalue weighted by molar-refractivity contribution is 8.13. The first-order valence-corrected chi connectivity index (χ1v) is 12.3. The maximum absolute atomic E-state index is 13.3. The molecule has 2 aromatic carbocycles. The Balaban J connectivity index is 1.97. The van der Waals surface area contributed by atoms with E-state index in [0.29, 0.717) is 23.2 Å². The first-order chi connectivity index (χ1) is 14.2. The van der Waals surface area contributed by atoms with E-state index in [1.165, 1.54) is 26.2 Å². The number of amidine groups is 1. The zero-order valence-corrected chi connectivity index (χ0v) is 19.3. The van der Waals surface area contributed by atoms with Crippen molar-refractivity contribution in [2.45, 2.75) is 31.1 Å². The van der Waals surface area contributed by atoms with E-state index in [1.54, 1.807) is 28.8 Å². The van der Waals surface area contributed by atoms with Crippen LogP contribution in [0.15, 0.2) is 58.4 Å². The van der Waals surface area contributed by atoms with E-state index in [9.17, 15) is 13.2 Å². The Hall–Kier alpha value is -2.16. The standard InChI is InChI=1S/C22H27N3O3S2/c1-16(2)19-11-5-6-12-20(19)23-22-25(13-8-14-29-22)21(26)17-9-7-10-18(15-17)30(27,28)24(3)4/h5-7,9-12,15-16H,8,13-14H2,1-4H3. The fourth-order valence-corrected chi connectivity index (χ4v) is 5.07. The number of carbonyl (C=O) groups is 1. The SMILES string of the molecule is CC(C)c1ccccc1N=C1SCCCN1C(=O)c1cccc(S(=O)(=O)N(C)C)c1. The molecule has 0 saturated carbocycles. The molecule has 0 unspecified atom stereocenters. The van der Waals surface area contributed by atoms with Gasteiger partial charge in [-0.1, -0.05) is 49.9 Å². The van der Waals surface area contributed by atoms with Crippen LogP contribution in [-0.4, -0.2) is 55.1 Å². The third-order valence-electron chi connectivity index (χ3n) is 4.87. The fraction of sp³-hybridized carbons (Fsp3) is 0.364. The summed E-state index contributed by atoms with van der Waals surface area (Å²) in [6.07, 6.45) is 0.858. The molecule has 0 radical (unpaired) electrons. The summed E-state index contributed by atoms with van der Waals surface area (Å²) in [7, 11) is -0.665. The zero-order chi connectivity index (χ0) is 21.9. The van der Waals surface area contributed by atoms with Gasteiger partial charge < -0.3 is 0 Å². The second-order valence-electron chi connectivity index (χ2n) is 7.58. The van der Waals surface area contributed by atoms with Gasteiger partial charge in [-0.3, -0.25) is 9.69 Å². The van der Waals surface area contributed by atoms with Crippen molar-refractivity contribution < 1.29 is 13.2 Å². The van der Waals surface area contributed by atoms with Gasteiger partial charge in [0.05, 0.1) is 10.6 Å². The van der Waals surface area contributed by atoms with Crippen molar-refractivity contribution in [1.29, 1.82) is 0 Å². The molecule has 0 aromatic heterocycles. The summed E-state index contributed by atoms with van der Waals surface area (Å²) >= 11 is 1.55. The minimum Gasteiger partial charge on any atom is -0.287 e. The van der Waals surface area contributed by atoms with Gasteiger partial charge in [0.25, 0.3) is 5.91 Å². The third-order valence-corrected chi connectivity index (χ3v) is 7.74. The lowest BCUT2D eigenvalue weighted by molar-refractivity contribution is 0.0849. The average Bonchev–Trinajstić information content (AvgIpc) is 2.74. The van der Waals surface area contributed by atoms with Crippen LogP contribution in [-0.2, 0) is 10.0 Å². The van der Waals surface area contributed by atoms with E-state index in [4.69, 9.17) is 4.99 Å². The van der Waals surface area contributed by atoms with Gasteiger partial charge in [0, 0.05) is 32.0 Å². The number of carbonyl (C=O) groups excluding carboxylic acids is 1. The number of thioether (sulfide) groups is 1. The largest absolute Gasteiger partial charge is 0.287 e. The van der Waals surface area contributed by atoms with Gasteiger partial charge in [-0.15, -0.1) is 0 Å². The van der Waals surface area contributed by atoms with E-state index < -0.39 is 10.0 Å². The molecular formula is C22H27N3O3S2. The van der Waals surface area contributed by atoms with Gasteiger partial charge in [0.1, 0.15) is 0 Å². The Kier molecular flexibility index (Phi) is 7.00. The van der Waals surface area contributed by atoms with Gasteiger partial charge in [-0.25, -0.2) is 17.7 Å². The van der Waals surface area contributed by atoms with Gasteiger partial charge in [-0.05, 0) is 42.2 Å². The number of para-hydroxylation sites is 1. The van der Waals surface area contributed by atoms with Crippen LogP contribution in [0.1, 0.15) is 42.1 Å². The molecule has 0 N–H and O–H groups in total. The molecule has 6 nitrogen and oxygen atoms in total. The van der Waals surface area contributed by atoms with E-state index in [1.807, 2.05) is 18.2 Å². The first-order valence-electron chi connectivity index (χ1n) is 9.86. The number of sulfonamides is 1. The number of rotatable bonds is 5. The number of nitrogens with zero attached hydrogens (tertiary/aromatic N) is 3. The zero-order valence-electron chi connectivity index (χ0n) is 17.7. The lowest BCUT2D eigenvalue weighted by atomic mass is 10.0. The van der Waals surface area contributed by atoms with Crippen LogP contribution in [0, 0.1) is 0 Å². The lowest BCUT2D eigenvalue weighted by Crippen LogP contribution is -2.39. The Bertz CT molecular complexity index is 1060. The van der Waals surface area contributed by atoms with Crippen LogP contribution in [0.2, 0.25) is 0 Å². The Morgan fingerprint density at radius 1 is 1.13 bits per heavy atom. The van der Waals surface area contributed by atoms with Crippen LogP contribution in [0.4, 0.5) is 5.69 Å². The minimum atomic E-state index is -3.61. The molecule has 1 saturated heterocycles. The lowest BCUT2D eigenvalue weighted by Gasteiger charge is -2.28.